The third kappa shape index (κ3) is 5.56. The van der Waals surface area contributed by atoms with Crippen LogP contribution < -0.4 is 19.7 Å². The van der Waals surface area contributed by atoms with Crippen LogP contribution in [0.2, 0.25) is 0 Å². The first kappa shape index (κ1) is 23.6. The number of H-pyrrole nitrogens is 1. The maximum absolute atomic E-state index is 12.8. The van der Waals surface area contributed by atoms with E-state index >= 15 is 0 Å². The molecule has 0 radical (unpaired) electrons. The molecule has 0 unspecified atom stereocenters. The number of anilines is 2. The zero-order valence-electron chi connectivity index (χ0n) is 19.2. The molecule has 2 amide bonds. The average molecular weight is 509 g/mol. The Morgan fingerprint density at radius 3 is 2.64 bits per heavy atom. The highest BCUT2D eigenvalue weighted by atomic mass is 32.2. The normalized spacial score (nSPS) is 13.9. The molecule has 4 aromatic rings. The highest BCUT2D eigenvalue weighted by Gasteiger charge is 2.19. The number of carbonyl (C=O) groups is 1. The number of carbonyl (C=O) groups excluding carboxylic acids is 1. The SMILES string of the molecule is O=C(NCc1ccccn1)Nc1nc2ccc(OS(=O)(=O)c3ccc(N4CCOCC4)cc3)cc2[nH]1. The molecule has 3 heterocycles. The number of benzene rings is 2. The first-order chi connectivity index (χ1) is 17.5. The third-order valence-corrected chi connectivity index (χ3v) is 6.81. The monoisotopic (exact) mass is 508 g/mol. The molecule has 1 aliphatic heterocycles. The van der Waals surface area contributed by atoms with Crippen LogP contribution in [-0.4, -0.2) is 55.7 Å². The Morgan fingerprint density at radius 1 is 1.08 bits per heavy atom. The molecule has 2 aromatic heterocycles. The van der Waals surface area contributed by atoms with Gasteiger partial charge in [0.15, 0.2) is 0 Å². The molecule has 12 heteroatoms. The summed E-state index contributed by atoms with van der Waals surface area (Å²) >= 11 is 0. The van der Waals surface area contributed by atoms with Gasteiger partial charge in [-0.2, -0.15) is 8.42 Å². The minimum absolute atomic E-state index is 0.0520. The molecule has 1 aliphatic rings. The number of imidazole rings is 1. The Labute approximate surface area is 207 Å². The van der Waals surface area contributed by atoms with Gasteiger partial charge < -0.3 is 24.1 Å². The number of aromatic amines is 1. The molecule has 36 heavy (non-hydrogen) atoms. The Kier molecular flexibility index (Phi) is 6.69. The molecule has 1 fully saturated rings. The third-order valence-electron chi connectivity index (χ3n) is 5.55. The molecule has 5 rings (SSSR count). The van der Waals surface area contributed by atoms with Crippen LogP contribution in [0.25, 0.3) is 11.0 Å². The van der Waals surface area contributed by atoms with E-state index < -0.39 is 16.1 Å². The van der Waals surface area contributed by atoms with E-state index in [1.54, 1.807) is 36.5 Å². The van der Waals surface area contributed by atoms with Gasteiger partial charge in [0.1, 0.15) is 10.6 Å². The topological polar surface area (TPSA) is 139 Å². The first-order valence-corrected chi connectivity index (χ1v) is 12.7. The summed E-state index contributed by atoms with van der Waals surface area (Å²) in [6.45, 7) is 3.07. The van der Waals surface area contributed by atoms with Crippen LogP contribution in [0.4, 0.5) is 16.4 Å². The molecule has 0 atom stereocenters. The molecule has 0 aliphatic carbocycles. The number of hydrogen-bond donors (Lipinski definition) is 3. The number of aromatic nitrogens is 3. The minimum Gasteiger partial charge on any atom is -0.379 e. The van der Waals surface area contributed by atoms with Gasteiger partial charge in [0.25, 0.3) is 0 Å². The van der Waals surface area contributed by atoms with Gasteiger partial charge in [-0.1, -0.05) is 6.07 Å². The maximum atomic E-state index is 12.8. The van der Waals surface area contributed by atoms with Crippen LogP contribution in [0.5, 0.6) is 5.75 Å². The van der Waals surface area contributed by atoms with E-state index in [1.807, 2.05) is 6.07 Å². The summed E-state index contributed by atoms with van der Waals surface area (Å²) in [5, 5.41) is 5.30. The molecule has 0 spiro atoms. The molecule has 0 saturated carbocycles. The summed E-state index contributed by atoms with van der Waals surface area (Å²) in [6.07, 6.45) is 1.65. The van der Waals surface area contributed by atoms with Crippen molar-refractivity contribution in [2.45, 2.75) is 11.4 Å². The number of rotatable bonds is 7. The zero-order valence-corrected chi connectivity index (χ0v) is 20.0. The van der Waals surface area contributed by atoms with Gasteiger partial charge in [-0.05, 0) is 48.5 Å². The van der Waals surface area contributed by atoms with Crippen molar-refractivity contribution in [2.75, 3.05) is 36.5 Å². The van der Waals surface area contributed by atoms with Gasteiger partial charge in [-0.15, -0.1) is 0 Å². The number of urea groups is 1. The van der Waals surface area contributed by atoms with Crippen LogP contribution in [0.1, 0.15) is 5.69 Å². The zero-order chi connectivity index (χ0) is 25.0. The van der Waals surface area contributed by atoms with Gasteiger partial charge in [0.05, 0.1) is 36.5 Å². The van der Waals surface area contributed by atoms with Crippen molar-refractivity contribution in [1.29, 1.82) is 0 Å². The summed E-state index contributed by atoms with van der Waals surface area (Å²) in [4.78, 5) is 25.7. The summed E-state index contributed by atoms with van der Waals surface area (Å²) in [6, 6.07) is 16.2. The largest absolute Gasteiger partial charge is 0.379 e. The summed E-state index contributed by atoms with van der Waals surface area (Å²) in [5.74, 6) is 0.330. The van der Waals surface area contributed by atoms with Crippen LogP contribution >= 0.6 is 0 Å². The first-order valence-electron chi connectivity index (χ1n) is 11.3. The van der Waals surface area contributed by atoms with Gasteiger partial charge in [0.2, 0.25) is 5.95 Å². The number of fused-ring (bicyclic) bond motifs is 1. The number of hydrogen-bond acceptors (Lipinski definition) is 8. The fourth-order valence-corrected chi connectivity index (χ4v) is 4.67. The lowest BCUT2D eigenvalue weighted by Gasteiger charge is -2.28. The Balaban J connectivity index is 1.23. The molecule has 3 N–H and O–H groups in total. The lowest BCUT2D eigenvalue weighted by Crippen LogP contribution is -2.36. The van der Waals surface area contributed by atoms with Crippen LogP contribution in [-0.2, 0) is 21.4 Å². The smallest absolute Gasteiger partial charge is 0.339 e. The van der Waals surface area contributed by atoms with E-state index in [0.29, 0.717) is 24.2 Å². The van der Waals surface area contributed by atoms with E-state index in [-0.39, 0.29) is 23.1 Å². The van der Waals surface area contributed by atoms with Crippen LogP contribution in [0, 0.1) is 0 Å². The van der Waals surface area contributed by atoms with Gasteiger partial charge in [-0.3, -0.25) is 10.3 Å². The van der Waals surface area contributed by atoms with Crippen molar-refractivity contribution < 1.29 is 22.1 Å². The standard InChI is InChI=1S/C24H24N6O5S/c31-24(26-16-17-3-1-2-10-25-17)29-23-27-21-9-6-19(15-22(21)28-23)35-36(32,33)20-7-4-18(5-8-20)30-11-13-34-14-12-30/h1-10,15H,11-14,16H2,(H3,26,27,28,29,31). The van der Waals surface area contributed by atoms with Gasteiger partial charge >= 0.3 is 16.1 Å². The number of amides is 2. The summed E-state index contributed by atoms with van der Waals surface area (Å²) in [7, 11) is -4.04. The quantitative estimate of drug-likeness (QED) is 0.324. The van der Waals surface area contributed by atoms with Crippen molar-refractivity contribution in [1.82, 2.24) is 20.3 Å². The molecule has 0 bridgehead atoms. The Bertz CT molecular complexity index is 1450. The molecule has 2 aromatic carbocycles. The highest BCUT2D eigenvalue weighted by molar-refractivity contribution is 7.87. The fourth-order valence-electron chi connectivity index (χ4n) is 3.75. The summed E-state index contributed by atoms with van der Waals surface area (Å²) < 4.78 is 36.3. The lowest BCUT2D eigenvalue weighted by atomic mass is 10.2. The van der Waals surface area contributed by atoms with E-state index in [0.717, 1.165) is 24.5 Å². The number of morpholine rings is 1. The van der Waals surface area contributed by atoms with E-state index in [2.05, 4.69) is 30.5 Å². The Hall–Kier alpha value is -4.16. The predicted octanol–water partition coefficient (Wildman–Crippen LogP) is 2.88. The lowest BCUT2D eigenvalue weighted by molar-refractivity contribution is 0.122. The molecular formula is C24H24N6O5S. The molecule has 1 saturated heterocycles. The maximum Gasteiger partial charge on any atom is 0.339 e. The van der Waals surface area contributed by atoms with Crippen molar-refractivity contribution in [3.05, 3.63) is 72.6 Å². The van der Waals surface area contributed by atoms with Crippen LogP contribution in [0.15, 0.2) is 71.8 Å². The highest BCUT2D eigenvalue weighted by Crippen LogP contribution is 2.25. The fraction of sp³-hybridized carbons (Fsp3) is 0.208. The molecule has 186 valence electrons. The van der Waals surface area contributed by atoms with Gasteiger partial charge in [0, 0.05) is 31.0 Å². The van der Waals surface area contributed by atoms with Gasteiger partial charge in [-0.25, -0.2) is 9.78 Å². The van der Waals surface area contributed by atoms with Crippen molar-refractivity contribution in [3.63, 3.8) is 0 Å². The second-order valence-corrected chi connectivity index (χ2v) is 9.57. The summed E-state index contributed by atoms with van der Waals surface area (Å²) in [5.41, 5.74) is 2.69. The minimum atomic E-state index is -4.04. The van der Waals surface area contributed by atoms with E-state index in [1.165, 1.54) is 24.3 Å². The number of nitrogens with zero attached hydrogens (tertiary/aromatic N) is 3. The number of pyridine rings is 1. The van der Waals surface area contributed by atoms with Crippen molar-refractivity contribution in [2.24, 2.45) is 0 Å². The van der Waals surface area contributed by atoms with E-state index in [4.69, 9.17) is 8.92 Å². The second-order valence-electron chi connectivity index (χ2n) is 8.02. The van der Waals surface area contributed by atoms with Crippen molar-refractivity contribution in [3.8, 4) is 5.75 Å². The van der Waals surface area contributed by atoms with Crippen molar-refractivity contribution >= 4 is 38.8 Å². The second kappa shape index (κ2) is 10.2. The molecular weight excluding hydrogens is 484 g/mol. The Morgan fingerprint density at radius 2 is 1.89 bits per heavy atom. The average Bonchev–Trinajstić information content (AvgIpc) is 3.30. The number of nitrogens with one attached hydrogen (secondary N) is 3. The predicted molar refractivity (Wildman–Crippen MR) is 133 cm³/mol. The van der Waals surface area contributed by atoms with Crippen LogP contribution in [0.3, 0.4) is 0 Å². The molecule has 11 nitrogen and oxygen atoms in total. The van der Waals surface area contributed by atoms with E-state index in [9.17, 15) is 13.2 Å². The number of ether oxygens (including phenoxy) is 1.